The fraction of sp³-hybridized carbons (Fsp3) is 0.207. The first-order chi connectivity index (χ1) is 18.5. The first kappa shape index (κ1) is 25.0. The number of halogens is 1. The second kappa shape index (κ2) is 10.8. The van der Waals surface area contributed by atoms with Crippen molar-refractivity contribution in [1.82, 2.24) is 25.1 Å². The number of aryl methyl sites for hydroxylation is 1. The van der Waals surface area contributed by atoms with Crippen molar-refractivity contribution in [3.05, 3.63) is 83.4 Å². The number of fused-ring (bicyclic) bond motifs is 2. The largest absolute Gasteiger partial charge is 0.505 e. The Morgan fingerprint density at radius 3 is 2.68 bits per heavy atom. The minimum absolute atomic E-state index is 0.338. The van der Waals surface area contributed by atoms with Gasteiger partial charge in [0.2, 0.25) is 6.41 Å². The maximum absolute atomic E-state index is 14.0. The Labute approximate surface area is 219 Å². The molecule has 5 aromatic rings. The Morgan fingerprint density at radius 1 is 1.16 bits per heavy atom. The van der Waals surface area contributed by atoms with Crippen molar-refractivity contribution < 1.29 is 14.3 Å². The zero-order valence-corrected chi connectivity index (χ0v) is 21.3. The molecule has 0 atom stereocenters. The SMILES string of the molecule is CCc1cc(O)c(F)cc1-c1ccc2c(-c3nc4c([nH]3)CN(C=O)CC4)n[nH]c2c1.CNc1ccccc1. The molecule has 0 saturated carbocycles. The van der Waals surface area contributed by atoms with Crippen LogP contribution in [0.4, 0.5) is 10.1 Å². The Kier molecular flexibility index (Phi) is 7.08. The maximum atomic E-state index is 14.0. The maximum Gasteiger partial charge on any atom is 0.210 e. The number of anilines is 1. The highest BCUT2D eigenvalue weighted by Gasteiger charge is 2.21. The van der Waals surface area contributed by atoms with Crippen LogP contribution in [0.15, 0.2) is 60.7 Å². The number of hydrogen-bond acceptors (Lipinski definition) is 5. The molecule has 0 bridgehead atoms. The van der Waals surface area contributed by atoms with Crippen LogP contribution in [-0.2, 0) is 24.2 Å². The Morgan fingerprint density at radius 2 is 1.97 bits per heavy atom. The Balaban J connectivity index is 0.000000316. The number of imidazole rings is 1. The fourth-order valence-electron chi connectivity index (χ4n) is 4.66. The highest BCUT2D eigenvalue weighted by Crippen LogP contribution is 2.34. The molecule has 1 amide bonds. The summed E-state index contributed by atoms with van der Waals surface area (Å²) in [5.41, 5.74) is 7.02. The number of nitrogens with one attached hydrogen (secondary N) is 3. The van der Waals surface area contributed by atoms with Crippen LogP contribution in [0.2, 0.25) is 0 Å². The predicted molar refractivity (Wildman–Crippen MR) is 146 cm³/mol. The van der Waals surface area contributed by atoms with Gasteiger partial charge in [-0.15, -0.1) is 0 Å². The highest BCUT2D eigenvalue weighted by atomic mass is 19.1. The van der Waals surface area contributed by atoms with E-state index in [0.717, 1.165) is 51.1 Å². The number of rotatable bonds is 5. The monoisotopic (exact) mass is 512 g/mol. The van der Waals surface area contributed by atoms with Gasteiger partial charge in [-0.05, 0) is 59.5 Å². The number of phenols is 1. The van der Waals surface area contributed by atoms with Crippen molar-refractivity contribution in [2.75, 3.05) is 18.9 Å². The van der Waals surface area contributed by atoms with Crippen LogP contribution in [-0.4, -0.2) is 50.2 Å². The van der Waals surface area contributed by atoms with Gasteiger partial charge in [0, 0.05) is 31.1 Å². The number of amides is 1. The third kappa shape index (κ3) is 4.95. The molecule has 4 N–H and O–H groups in total. The van der Waals surface area contributed by atoms with Crippen molar-refractivity contribution in [3.63, 3.8) is 0 Å². The normalized spacial score (nSPS) is 12.6. The summed E-state index contributed by atoms with van der Waals surface area (Å²) >= 11 is 0. The summed E-state index contributed by atoms with van der Waals surface area (Å²) in [5.74, 6) is -0.315. The third-order valence-electron chi connectivity index (χ3n) is 6.72. The van der Waals surface area contributed by atoms with Crippen LogP contribution in [0, 0.1) is 5.82 Å². The van der Waals surface area contributed by atoms with E-state index in [1.807, 2.05) is 62.5 Å². The summed E-state index contributed by atoms with van der Waals surface area (Å²) < 4.78 is 14.0. The van der Waals surface area contributed by atoms with E-state index in [-0.39, 0.29) is 5.75 Å². The van der Waals surface area contributed by atoms with E-state index in [2.05, 4.69) is 25.5 Å². The number of para-hydroxylation sites is 1. The molecule has 0 fully saturated rings. The zero-order chi connectivity index (χ0) is 26.6. The fourth-order valence-corrected chi connectivity index (χ4v) is 4.66. The number of aromatic amines is 2. The summed E-state index contributed by atoms with van der Waals surface area (Å²) in [4.78, 5) is 20.7. The molecule has 0 aliphatic carbocycles. The number of aromatic hydroxyl groups is 1. The highest BCUT2D eigenvalue weighted by molar-refractivity contribution is 5.94. The first-order valence-electron chi connectivity index (χ1n) is 12.5. The number of nitrogens with zero attached hydrogens (tertiary/aromatic N) is 3. The van der Waals surface area contributed by atoms with E-state index >= 15 is 0 Å². The Hall–Kier alpha value is -4.66. The van der Waals surface area contributed by atoms with Gasteiger partial charge in [0.05, 0.1) is 23.4 Å². The molecule has 3 aromatic carbocycles. The molecule has 3 heterocycles. The quantitative estimate of drug-likeness (QED) is 0.240. The van der Waals surface area contributed by atoms with Crippen molar-refractivity contribution >= 4 is 23.0 Å². The van der Waals surface area contributed by atoms with E-state index in [0.29, 0.717) is 37.4 Å². The van der Waals surface area contributed by atoms with Gasteiger partial charge < -0.3 is 20.3 Å². The molecule has 9 heteroatoms. The van der Waals surface area contributed by atoms with Crippen LogP contribution in [0.5, 0.6) is 5.75 Å². The molecule has 1 aliphatic heterocycles. The van der Waals surface area contributed by atoms with E-state index in [1.165, 1.54) is 12.1 Å². The molecule has 2 aromatic heterocycles. The lowest BCUT2D eigenvalue weighted by Gasteiger charge is -2.21. The lowest BCUT2D eigenvalue weighted by molar-refractivity contribution is -0.119. The summed E-state index contributed by atoms with van der Waals surface area (Å²) in [6.07, 6.45) is 2.24. The van der Waals surface area contributed by atoms with Gasteiger partial charge >= 0.3 is 0 Å². The van der Waals surface area contributed by atoms with Crippen LogP contribution < -0.4 is 5.32 Å². The molecule has 0 radical (unpaired) electrons. The minimum Gasteiger partial charge on any atom is -0.505 e. The average Bonchev–Trinajstić information content (AvgIpc) is 3.58. The van der Waals surface area contributed by atoms with E-state index in [4.69, 9.17) is 0 Å². The summed E-state index contributed by atoms with van der Waals surface area (Å²) in [5, 5.41) is 21.1. The van der Waals surface area contributed by atoms with Gasteiger partial charge in [0.1, 0.15) is 5.69 Å². The van der Waals surface area contributed by atoms with Crippen LogP contribution in [0.3, 0.4) is 0 Å². The first-order valence-corrected chi connectivity index (χ1v) is 12.5. The standard InChI is InChI=1S/C22H20FN5O2.C7H9N/c1-2-12-8-20(30)16(23)9-15(12)13-3-4-14-18(7-13)26-27-21(14)22-24-17-5-6-28(11-29)10-19(17)25-22;1-8-7-5-3-2-4-6-7/h3-4,7-9,11,30H,2,5-6,10H2,1H3,(H,24,25)(H,26,27);2-6,8H,1H3. The molecule has 0 unspecified atom stereocenters. The lowest BCUT2D eigenvalue weighted by atomic mass is 9.96. The van der Waals surface area contributed by atoms with Gasteiger partial charge in [-0.1, -0.05) is 31.2 Å². The molecule has 194 valence electrons. The second-order valence-corrected chi connectivity index (χ2v) is 9.10. The van der Waals surface area contributed by atoms with Crippen molar-refractivity contribution in [2.24, 2.45) is 0 Å². The minimum atomic E-state index is -0.641. The number of phenolic OH excluding ortho intramolecular Hbond substituents is 1. The number of hydrogen-bond donors (Lipinski definition) is 4. The zero-order valence-electron chi connectivity index (χ0n) is 21.3. The lowest BCUT2D eigenvalue weighted by Crippen LogP contribution is -2.29. The summed E-state index contributed by atoms with van der Waals surface area (Å²) in [6, 6.07) is 18.7. The smallest absolute Gasteiger partial charge is 0.210 e. The Bertz CT molecular complexity index is 1580. The molecular weight excluding hydrogens is 483 g/mol. The van der Waals surface area contributed by atoms with Gasteiger partial charge in [-0.3, -0.25) is 9.89 Å². The van der Waals surface area contributed by atoms with Crippen molar-refractivity contribution in [2.45, 2.75) is 26.3 Å². The van der Waals surface area contributed by atoms with E-state index in [1.54, 1.807) is 4.90 Å². The number of carbonyl (C=O) groups excluding carboxylic acids is 1. The van der Waals surface area contributed by atoms with Crippen LogP contribution >= 0.6 is 0 Å². The van der Waals surface area contributed by atoms with Crippen LogP contribution in [0.1, 0.15) is 23.9 Å². The van der Waals surface area contributed by atoms with Crippen molar-refractivity contribution in [3.8, 4) is 28.4 Å². The number of H-pyrrole nitrogens is 2. The molecule has 0 spiro atoms. The number of carbonyl (C=O) groups is 1. The molecule has 8 nitrogen and oxygen atoms in total. The number of aromatic nitrogens is 4. The molecule has 0 saturated heterocycles. The predicted octanol–water partition coefficient (Wildman–Crippen LogP) is 5.27. The van der Waals surface area contributed by atoms with Gasteiger partial charge in [-0.2, -0.15) is 5.10 Å². The van der Waals surface area contributed by atoms with E-state index in [9.17, 15) is 14.3 Å². The average molecular weight is 513 g/mol. The van der Waals surface area contributed by atoms with E-state index < -0.39 is 5.82 Å². The molecular formula is C29H29FN6O2. The second-order valence-electron chi connectivity index (χ2n) is 9.10. The summed E-state index contributed by atoms with van der Waals surface area (Å²) in [7, 11) is 1.91. The van der Waals surface area contributed by atoms with Gasteiger partial charge in [0.15, 0.2) is 17.4 Å². The third-order valence-corrected chi connectivity index (χ3v) is 6.72. The topological polar surface area (TPSA) is 110 Å². The van der Waals surface area contributed by atoms with Gasteiger partial charge in [0.25, 0.3) is 0 Å². The van der Waals surface area contributed by atoms with Gasteiger partial charge in [-0.25, -0.2) is 9.37 Å². The van der Waals surface area contributed by atoms with Crippen molar-refractivity contribution in [1.29, 1.82) is 0 Å². The molecule has 1 aliphatic rings. The molecule has 38 heavy (non-hydrogen) atoms. The summed E-state index contributed by atoms with van der Waals surface area (Å²) in [6.45, 7) is 3.15. The molecule has 6 rings (SSSR count). The van der Waals surface area contributed by atoms with Crippen LogP contribution in [0.25, 0.3) is 33.5 Å². The number of benzene rings is 3.